The molecule has 2 nitrogen and oxygen atoms in total. The predicted molar refractivity (Wildman–Crippen MR) is 84.5 cm³/mol. The number of carbonyl (C=O) groups excluding carboxylic acids is 1. The van der Waals surface area contributed by atoms with E-state index in [0.717, 1.165) is 24.2 Å². The van der Waals surface area contributed by atoms with Crippen LogP contribution in [0, 0.1) is 20.8 Å². The molecular formula is C18H27NO. The van der Waals surface area contributed by atoms with Crippen molar-refractivity contribution in [3.8, 4) is 0 Å². The largest absolute Gasteiger partial charge is 0.292 e. The van der Waals surface area contributed by atoms with Crippen LogP contribution in [0.5, 0.6) is 0 Å². The molecule has 1 aromatic carbocycles. The second-order valence-corrected chi connectivity index (χ2v) is 6.69. The van der Waals surface area contributed by atoms with Gasteiger partial charge in [-0.3, -0.25) is 9.69 Å². The van der Waals surface area contributed by atoms with E-state index in [0.29, 0.717) is 0 Å². The van der Waals surface area contributed by atoms with Crippen LogP contribution in [0.15, 0.2) is 12.1 Å². The van der Waals surface area contributed by atoms with E-state index in [1.807, 2.05) is 6.92 Å². The van der Waals surface area contributed by atoms with Crippen molar-refractivity contribution in [2.24, 2.45) is 0 Å². The minimum Gasteiger partial charge on any atom is -0.292 e. The molecule has 0 N–H and O–H groups in total. The van der Waals surface area contributed by atoms with Gasteiger partial charge in [-0.15, -0.1) is 0 Å². The summed E-state index contributed by atoms with van der Waals surface area (Å²) >= 11 is 0. The summed E-state index contributed by atoms with van der Waals surface area (Å²) in [6.07, 6.45) is 3.72. The third-order valence-corrected chi connectivity index (χ3v) is 4.79. The van der Waals surface area contributed by atoms with Gasteiger partial charge in [-0.1, -0.05) is 12.5 Å². The highest BCUT2D eigenvalue weighted by atomic mass is 16.1. The van der Waals surface area contributed by atoms with Crippen LogP contribution in [-0.4, -0.2) is 29.3 Å². The normalized spacial score (nSPS) is 17.2. The number of rotatable bonds is 3. The van der Waals surface area contributed by atoms with E-state index in [2.05, 4.69) is 44.7 Å². The molecule has 0 atom stereocenters. The van der Waals surface area contributed by atoms with Gasteiger partial charge in [-0.25, -0.2) is 0 Å². The summed E-state index contributed by atoms with van der Waals surface area (Å²) in [4.78, 5) is 15.4. The molecule has 1 heterocycles. The Labute approximate surface area is 123 Å². The van der Waals surface area contributed by atoms with E-state index < -0.39 is 5.54 Å². The van der Waals surface area contributed by atoms with Crippen LogP contribution >= 0.6 is 0 Å². The first-order chi connectivity index (χ1) is 9.34. The van der Waals surface area contributed by atoms with Crippen molar-refractivity contribution in [2.45, 2.75) is 59.4 Å². The molecule has 0 bridgehead atoms. The Kier molecular flexibility index (Phi) is 4.33. The lowest BCUT2D eigenvalue weighted by Gasteiger charge is -2.40. The topological polar surface area (TPSA) is 20.3 Å². The number of hydrogen-bond acceptors (Lipinski definition) is 2. The molecule has 1 aliphatic heterocycles. The zero-order valence-corrected chi connectivity index (χ0v) is 13.5. The number of likely N-dealkylation sites (tertiary alicyclic amines) is 1. The Morgan fingerprint density at radius 3 is 2.10 bits per heavy atom. The van der Waals surface area contributed by atoms with E-state index in [1.54, 1.807) is 0 Å². The Balaban J connectivity index is 2.32. The van der Waals surface area contributed by atoms with Gasteiger partial charge in [0.1, 0.15) is 0 Å². The Hall–Kier alpha value is -1.15. The molecule has 1 fully saturated rings. The zero-order valence-electron chi connectivity index (χ0n) is 13.5. The van der Waals surface area contributed by atoms with Crippen LogP contribution in [0.4, 0.5) is 0 Å². The van der Waals surface area contributed by atoms with E-state index >= 15 is 0 Å². The first-order valence-corrected chi connectivity index (χ1v) is 7.71. The highest BCUT2D eigenvalue weighted by molar-refractivity contribution is 6.04. The fraction of sp³-hybridized carbons (Fsp3) is 0.611. The molecule has 0 aliphatic carbocycles. The molecule has 1 saturated heterocycles. The number of hydrogen-bond donors (Lipinski definition) is 0. The van der Waals surface area contributed by atoms with Crippen LogP contribution in [0.2, 0.25) is 0 Å². The molecule has 110 valence electrons. The van der Waals surface area contributed by atoms with E-state index in [1.165, 1.54) is 30.4 Å². The van der Waals surface area contributed by atoms with Crippen LogP contribution in [0.3, 0.4) is 0 Å². The van der Waals surface area contributed by atoms with E-state index in [9.17, 15) is 4.79 Å². The standard InChI is InChI=1S/C18H27NO/c1-13-11-15(3)16(12-14(13)2)17(20)18(4,5)19-9-7-6-8-10-19/h11-12H,6-10H2,1-5H3. The van der Waals surface area contributed by atoms with Crippen molar-refractivity contribution in [1.82, 2.24) is 4.90 Å². The van der Waals surface area contributed by atoms with Gasteiger partial charge in [-0.05, 0) is 83.3 Å². The number of benzene rings is 1. The minimum absolute atomic E-state index is 0.264. The predicted octanol–water partition coefficient (Wildman–Crippen LogP) is 4.06. The number of carbonyl (C=O) groups is 1. The maximum atomic E-state index is 13.0. The third kappa shape index (κ3) is 2.80. The van der Waals surface area contributed by atoms with Gasteiger partial charge in [0.15, 0.2) is 5.78 Å². The minimum atomic E-state index is -0.396. The molecule has 0 spiro atoms. The van der Waals surface area contributed by atoms with Crippen LogP contribution in [-0.2, 0) is 0 Å². The summed E-state index contributed by atoms with van der Waals surface area (Å²) in [5.74, 6) is 0.264. The highest BCUT2D eigenvalue weighted by Gasteiger charge is 2.36. The van der Waals surface area contributed by atoms with Gasteiger partial charge < -0.3 is 0 Å². The second kappa shape index (κ2) is 5.69. The van der Waals surface area contributed by atoms with Gasteiger partial charge in [0.25, 0.3) is 0 Å². The molecule has 0 radical (unpaired) electrons. The zero-order chi connectivity index (χ0) is 14.9. The maximum Gasteiger partial charge on any atom is 0.182 e. The van der Waals surface area contributed by atoms with Gasteiger partial charge in [0.05, 0.1) is 5.54 Å². The lowest BCUT2D eigenvalue weighted by atomic mass is 9.86. The van der Waals surface area contributed by atoms with Gasteiger partial charge >= 0.3 is 0 Å². The summed E-state index contributed by atoms with van der Waals surface area (Å²) < 4.78 is 0. The average Bonchev–Trinajstić information content (AvgIpc) is 2.43. The summed E-state index contributed by atoms with van der Waals surface area (Å²) in [7, 11) is 0. The summed E-state index contributed by atoms with van der Waals surface area (Å²) in [6, 6.07) is 4.20. The van der Waals surface area contributed by atoms with Crippen LogP contribution in [0.25, 0.3) is 0 Å². The van der Waals surface area contributed by atoms with Crippen molar-refractivity contribution >= 4 is 5.78 Å². The molecule has 1 aliphatic rings. The van der Waals surface area contributed by atoms with Gasteiger partial charge in [-0.2, -0.15) is 0 Å². The summed E-state index contributed by atoms with van der Waals surface area (Å²) in [5.41, 5.74) is 4.06. The monoisotopic (exact) mass is 273 g/mol. The van der Waals surface area contributed by atoms with Crippen molar-refractivity contribution in [3.63, 3.8) is 0 Å². The quantitative estimate of drug-likeness (QED) is 0.774. The molecular weight excluding hydrogens is 246 g/mol. The Morgan fingerprint density at radius 1 is 0.950 bits per heavy atom. The lowest BCUT2D eigenvalue weighted by molar-refractivity contribution is 0.0578. The molecule has 20 heavy (non-hydrogen) atoms. The molecule has 2 rings (SSSR count). The van der Waals surface area contributed by atoms with Crippen molar-refractivity contribution < 1.29 is 4.79 Å². The SMILES string of the molecule is Cc1cc(C)c(C(=O)C(C)(C)N2CCCCC2)cc1C. The average molecular weight is 273 g/mol. The lowest BCUT2D eigenvalue weighted by Crippen LogP contribution is -2.52. The Bertz CT molecular complexity index is 510. The molecule has 0 amide bonds. The molecule has 0 aromatic heterocycles. The van der Waals surface area contributed by atoms with Gasteiger partial charge in [0, 0.05) is 5.56 Å². The second-order valence-electron chi connectivity index (χ2n) is 6.69. The molecule has 0 unspecified atom stereocenters. The number of aryl methyl sites for hydroxylation is 3. The maximum absolute atomic E-state index is 13.0. The van der Waals surface area contributed by atoms with Crippen molar-refractivity contribution in [3.05, 3.63) is 34.4 Å². The van der Waals surface area contributed by atoms with E-state index in [4.69, 9.17) is 0 Å². The third-order valence-electron chi connectivity index (χ3n) is 4.79. The summed E-state index contributed by atoms with van der Waals surface area (Å²) in [6.45, 7) is 12.5. The number of piperidine rings is 1. The highest BCUT2D eigenvalue weighted by Crippen LogP contribution is 2.27. The van der Waals surface area contributed by atoms with Crippen molar-refractivity contribution in [2.75, 3.05) is 13.1 Å². The number of nitrogens with zero attached hydrogens (tertiary/aromatic N) is 1. The Morgan fingerprint density at radius 2 is 1.50 bits per heavy atom. The number of Topliss-reactive ketones (excluding diaryl/α,β-unsaturated/α-hetero) is 1. The van der Waals surface area contributed by atoms with Crippen LogP contribution in [0.1, 0.15) is 60.2 Å². The molecule has 2 heteroatoms. The summed E-state index contributed by atoms with van der Waals surface area (Å²) in [5, 5.41) is 0. The first kappa shape index (κ1) is 15.2. The smallest absolute Gasteiger partial charge is 0.182 e. The number of ketones is 1. The van der Waals surface area contributed by atoms with E-state index in [-0.39, 0.29) is 5.78 Å². The fourth-order valence-corrected chi connectivity index (χ4v) is 3.13. The van der Waals surface area contributed by atoms with Crippen molar-refractivity contribution in [1.29, 1.82) is 0 Å². The molecule has 0 saturated carbocycles. The fourth-order valence-electron chi connectivity index (χ4n) is 3.13. The first-order valence-electron chi connectivity index (χ1n) is 7.71. The van der Waals surface area contributed by atoms with Crippen LogP contribution < -0.4 is 0 Å². The molecule has 1 aromatic rings. The van der Waals surface area contributed by atoms with Gasteiger partial charge in [0.2, 0.25) is 0 Å².